The van der Waals surface area contributed by atoms with E-state index in [1.807, 2.05) is 6.92 Å². The van der Waals surface area contributed by atoms with Crippen molar-refractivity contribution in [3.05, 3.63) is 29.8 Å². The van der Waals surface area contributed by atoms with Crippen molar-refractivity contribution in [2.45, 2.75) is 31.3 Å². The number of likely N-dealkylation sites (N-methyl/N-ethyl adjacent to an activating group) is 2. The lowest BCUT2D eigenvalue weighted by Gasteiger charge is -2.17. The molecule has 21 heavy (non-hydrogen) atoms. The predicted octanol–water partition coefficient (Wildman–Crippen LogP) is 0.887. The SMILES string of the molecule is CCNC(=O)CN(C)S(=O)(=O)c1cccc(C(O)CC)c1. The highest BCUT2D eigenvalue weighted by Gasteiger charge is 2.23. The summed E-state index contributed by atoms with van der Waals surface area (Å²) in [5.74, 6) is -0.353. The lowest BCUT2D eigenvalue weighted by atomic mass is 10.1. The minimum absolute atomic E-state index is 0.0688. The van der Waals surface area contributed by atoms with Crippen molar-refractivity contribution in [2.75, 3.05) is 20.1 Å². The third kappa shape index (κ3) is 4.52. The Morgan fingerprint density at radius 2 is 2.05 bits per heavy atom. The van der Waals surface area contributed by atoms with Crippen LogP contribution in [0.1, 0.15) is 31.9 Å². The summed E-state index contributed by atoms with van der Waals surface area (Å²) >= 11 is 0. The molecule has 2 N–H and O–H groups in total. The number of sulfonamides is 1. The van der Waals surface area contributed by atoms with E-state index in [-0.39, 0.29) is 17.3 Å². The maximum atomic E-state index is 12.4. The fourth-order valence-corrected chi connectivity index (χ4v) is 3.02. The van der Waals surface area contributed by atoms with Gasteiger partial charge in [-0.05, 0) is 31.0 Å². The van der Waals surface area contributed by atoms with Gasteiger partial charge in [0, 0.05) is 13.6 Å². The zero-order valence-electron chi connectivity index (χ0n) is 12.5. The number of amides is 1. The molecule has 0 bridgehead atoms. The first kappa shape index (κ1) is 17.6. The molecule has 0 aliphatic carbocycles. The van der Waals surface area contributed by atoms with Crippen molar-refractivity contribution < 1.29 is 18.3 Å². The molecule has 0 aromatic heterocycles. The van der Waals surface area contributed by atoms with E-state index in [0.717, 1.165) is 4.31 Å². The largest absolute Gasteiger partial charge is 0.388 e. The highest BCUT2D eigenvalue weighted by Crippen LogP contribution is 2.21. The Kier molecular flexibility index (Phi) is 6.32. The molecule has 0 aliphatic rings. The van der Waals surface area contributed by atoms with Crippen molar-refractivity contribution >= 4 is 15.9 Å². The van der Waals surface area contributed by atoms with Crippen LogP contribution >= 0.6 is 0 Å². The van der Waals surface area contributed by atoms with Gasteiger partial charge in [-0.2, -0.15) is 4.31 Å². The zero-order chi connectivity index (χ0) is 16.0. The van der Waals surface area contributed by atoms with E-state index in [4.69, 9.17) is 0 Å². The van der Waals surface area contributed by atoms with Gasteiger partial charge >= 0.3 is 0 Å². The molecule has 1 aromatic carbocycles. The first-order valence-corrected chi connectivity index (χ1v) is 8.28. The van der Waals surface area contributed by atoms with Gasteiger partial charge in [0.2, 0.25) is 15.9 Å². The van der Waals surface area contributed by atoms with Crippen LogP contribution < -0.4 is 5.32 Å². The van der Waals surface area contributed by atoms with Gasteiger partial charge in [0.1, 0.15) is 0 Å². The van der Waals surface area contributed by atoms with Gasteiger partial charge in [-0.1, -0.05) is 19.1 Å². The summed E-state index contributed by atoms with van der Waals surface area (Å²) in [4.78, 5) is 11.6. The number of nitrogens with zero attached hydrogens (tertiary/aromatic N) is 1. The Bertz CT molecular complexity index is 586. The van der Waals surface area contributed by atoms with E-state index in [0.29, 0.717) is 18.5 Å². The van der Waals surface area contributed by atoms with E-state index in [2.05, 4.69) is 5.32 Å². The van der Waals surface area contributed by atoms with Gasteiger partial charge in [0.25, 0.3) is 0 Å². The Morgan fingerprint density at radius 1 is 1.38 bits per heavy atom. The number of nitrogens with one attached hydrogen (secondary N) is 1. The van der Waals surface area contributed by atoms with Crippen LogP contribution in [-0.2, 0) is 14.8 Å². The normalized spacial score (nSPS) is 13.2. The molecule has 0 radical (unpaired) electrons. The Morgan fingerprint density at radius 3 is 2.62 bits per heavy atom. The number of carbonyl (C=O) groups excluding carboxylic acids is 1. The number of carbonyl (C=O) groups is 1. The molecule has 6 nitrogen and oxygen atoms in total. The Labute approximate surface area is 125 Å². The van der Waals surface area contributed by atoms with Gasteiger partial charge in [0.15, 0.2) is 0 Å². The highest BCUT2D eigenvalue weighted by atomic mass is 32.2. The number of aliphatic hydroxyl groups excluding tert-OH is 1. The van der Waals surface area contributed by atoms with E-state index >= 15 is 0 Å². The van der Waals surface area contributed by atoms with Crippen molar-refractivity contribution in [3.8, 4) is 0 Å². The second-order valence-electron chi connectivity index (χ2n) is 4.71. The number of aliphatic hydroxyl groups is 1. The molecule has 0 spiro atoms. The van der Waals surface area contributed by atoms with Crippen LogP contribution in [-0.4, -0.2) is 43.9 Å². The summed E-state index contributed by atoms with van der Waals surface area (Å²) in [6.45, 7) is 3.79. The summed E-state index contributed by atoms with van der Waals surface area (Å²) < 4.78 is 25.8. The summed E-state index contributed by atoms with van der Waals surface area (Å²) in [5.41, 5.74) is 0.546. The molecule has 1 unspecified atom stereocenters. The number of hydrogen-bond donors (Lipinski definition) is 2. The molecular formula is C14H22N2O4S. The lowest BCUT2D eigenvalue weighted by Crippen LogP contribution is -2.38. The summed E-state index contributed by atoms with van der Waals surface area (Å²) in [6, 6.07) is 6.16. The van der Waals surface area contributed by atoms with Gasteiger partial charge in [-0.25, -0.2) is 8.42 Å². The van der Waals surface area contributed by atoms with E-state index in [1.165, 1.54) is 19.2 Å². The topological polar surface area (TPSA) is 86.7 Å². The molecule has 0 heterocycles. The quantitative estimate of drug-likeness (QED) is 0.782. The molecule has 0 fully saturated rings. The maximum absolute atomic E-state index is 12.4. The number of rotatable bonds is 7. The van der Waals surface area contributed by atoms with Crippen LogP contribution in [0, 0.1) is 0 Å². The second-order valence-corrected chi connectivity index (χ2v) is 6.76. The predicted molar refractivity (Wildman–Crippen MR) is 80.2 cm³/mol. The monoisotopic (exact) mass is 314 g/mol. The summed E-state index contributed by atoms with van der Waals surface area (Å²) in [7, 11) is -2.40. The standard InChI is InChI=1S/C14H22N2O4S/c1-4-13(17)11-7-6-8-12(9-11)21(19,20)16(3)10-14(18)15-5-2/h6-9,13,17H,4-5,10H2,1-3H3,(H,15,18). The number of hydrogen-bond acceptors (Lipinski definition) is 4. The summed E-state index contributed by atoms with van der Waals surface area (Å²) in [6.07, 6.45) is -0.202. The van der Waals surface area contributed by atoms with E-state index in [1.54, 1.807) is 19.1 Å². The first-order chi connectivity index (χ1) is 9.82. The van der Waals surface area contributed by atoms with Crippen molar-refractivity contribution in [1.82, 2.24) is 9.62 Å². The zero-order valence-corrected chi connectivity index (χ0v) is 13.4. The smallest absolute Gasteiger partial charge is 0.243 e. The van der Waals surface area contributed by atoms with Crippen molar-refractivity contribution in [2.24, 2.45) is 0 Å². The van der Waals surface area contributed by atoms with Gasteiger partial charge in [0.05, 0.1) is 17.5 Å². The van der Waals surface area contributed by atoms with Crippen molar-refractivity contribution in [1.29, 1.82) is 0 Å². The van der Waals surface area contributed by atoms with Crippen LogP contribution in [0.5, 0.6) is 0 Å². The van der Waals surface area contributed by atoms with E-state index in [9.17, 15) is 18.3 Å². The second kappa shape index (κ2) is 7.53. The Hall–Kier alpha value is -1.44. The minimum atomic E-state index is -3.76. The average Bonchev–Trinajstić information content (AvgIpc) is 2.46. The third-order valence-corrected chi connectivity index (χ3v) is 4.88. The van der Waals surface area contributed by atoms with Crippen LogP contribution in [0.2, 0.25) is 0 Å². The lowest BCUT2D eigenvalue weighted by molar-refractivity contribution is -0.121. The first-order valence-electron chi connectivity index (χ1n) is 6.84. The average molecular weight is 314 g/mol. The van der Waals surface area contributed by atoms with Crippen molar-refractivity contribution in [3.63, 3.8) is 0 Å². The summed E-state index contributed by atoms with van der Waals surface area (Å²) in [5, 5.41) is 12.4. The van der Waals surface area contributed by atoms with Crippen LogP contribution in [0.25, 0.3) is 0 Å². The molecule has 0 saturated heterocycles. The molecule has 0 aliphatic heterocycles. The molecule has 0 saturated carbocycles. The van der Waals surface area contributed by atoms with Crippen LogP contribution in [0.3, 0.4) is 0 Å². The minimum Gasteiger partial charge on any atom is -0.388 e. The fourth-order valence-electron chi connectivity index (χ4n) is 1.84. The Balaban J connectivity index is 2.99. The van der Waals surface area contributed by atoms with Crippen LogP contribution in [0.15, 0.2) is 29.2 Å². The van der Waals surface area contributed by atoms with E-state index < -0.39 is 16.1 Å². The van der Waals surface area contributed by atoms with Gasteiger partial charge < -0.3 is 10.4 Å². The molecule has 118 valence electrons. The molecular weight excluding hydrogens is 292 g/mol. The third-order valence-electron chi connectivity index (χ3n) is 3.08. The highest BCUT2D eigenvalue weighted by molar-refractivity contribution is 7.89. The van der Waals surface area contributed by atoms with Gasteiger partial charge in [-0.3, -0.25) is 4.79 Å². The van der Waals surface area contributed by atoms with Gasteiger partial charge in [-0.15, -0.1) is 0 Å². The molecule has 1 rings (SSSR count). The fraction of sp³-hybridized carbons (Fsp3) is 0.500. The van der Waals surface area contributed by atoms with Crippen LogP contribution in [0.4, 0.5) is 0 Å². The molecule has 1 atom stereocenters. The molecule has 1 amide bonds. The molecule has 1 aromatic rings. The number of benzene rings is 1. The molecule has 7 heteroatoms. The maximum Gasteiger partial charge on any atom is 0.243 e.